The van der Waals surface area contributed by atoms with Crippen molar-refractivity contribution >= 4 is 17.2 Å². The van der Waals surface area contributed by atoms with E-state index in [-0.39, 0.29) is 11.8 Å². The zero-order chi connectivity index (χ0) is 14.6. The lowest BCUT2D eigenvalue weighted by Crippen LogP contribution is -2.41. The largest absolute Gasteiger partial charge is 0.330 e. The van der Waals surface area contributed by atoms with E-state index in [0.717, 1.165) is 11.3 Å². The Balaban J connectivity index is 2.26. The molecule has 0 aromatic carbocycles. The van der Waals surface area contributed by atoms with E-state index in [0.29, 0.717) is 19.6 Å². The lowest BCUT2D eigenvalue weighted by Gasteiger charge is -2.25. The monoisotopic (exact) mass is 288 g/mol. The van der Waals surface area contributed by atoms with Crippen LogP contribution in [-0.4, -0.2) is 30.4 Å². The smallest absolute Gasteiger partial charge is 0.235 e. The Morgan fingerprint density at radius 2 is 2.55 bits per heavy atom. The van der Waals surface area contributed by atoms with Crippen molar-refractivity contribution in [2.75, 3.05) is 19.6 Å². The van der Waals surface area contributed by atoms with Gasteiger partial charge in [-0.3, -0.25) is 4.79 Å². The van der Waals surface area contributed by atoms with E-state index >= 15 is 0 Å². The second-order valence-electron chi connectivity index (χ2n) is 5.04. The fraction of sp³-hybridized carbons (Fsp3) is 0.438. The van der Waals surface area contributed by atoms with Gasteiger partial charge in [-0.1, -0.05) is 24.1 Å². The number of carbonyl (C=O) groups excluding carboxylic acids is 1. The summed E-state index contributed by atoms with van der Waals surface area (Å²) in [7, 11) is 0. The molecule has 1 saturated carbocycles. The summed E-state index contributed by atoms with van der Waals surface area (Å²) in [6, 6.07) is 4.01. The number of thiophene rings is 1. The van der Waals surface area contributed by atoms with Crippen molar-refractivity contribution in [2.45, 2.75) is 18.8 Å². The first-order valence-electron chi connectivity index (χ1n) is 6.78. The minimum Gasteiger partial charge on any atom is -0.330 e. The van der Waals surface area contributed by atoms with Crippen LogP contribution < -0.4 is 5.73 Å². The van der Waals surface area contributed by atoms with Crippen LogP contribution in [0.5, 0.6) is 0 Å². The normalized spacial score (nSPS) is 24.6. The molecular weight excluding hydrogens is 268 g/mol. The van der Waals surface area contributed by atoms with Crippen LogP contribution in [0.25, 0.3) is 0 Å². The Bertz CT molecular complexity index is 529. The lowest BCUT2D eigenvalue weighted by molar-refractivity contribution is -0.133. The molecule has 2 atom stereocenters. The number of terminal acetylenes is 1. The van der Waals surface area contributed by atoms with Crippen LogP contribution in [0.4, 0.5) is 0 Å². The summed E-state index contributed by atoms with van der Waals surface area (Å²) in [5.41, 5.74) is 5.38. The number of carbonyl (C=O) groups is 1. The molecule has 0 spiro atoms. The Morgan fingerprint density at radius 3 is 3.05 bits per heavy atom. The highest BCUT2D eigenvalue weighted by Gasteiger charge is 2.61. The van der Waals surface area contributed by atoms with E-state index < -0.39 is 5.41 Å². The summed E-state index contributed by atoms with van der Waals surface area (Å²) in [5, 5.41) is 2.01. The predicted octanol–water partition coefficient (Wildman–Crippen LogP) is 2.00. The molecule has 1 aliphatic rings. The van der Waals surface area contributed by atoms with Crippen molar-refractivity contribution in [3.8, 4) is 12.3 Å². The van der Waals surface area contributed by atoms with Gasteiger partial charge in [0.1, 0.15) is 0 Å². The SMILES string of the molecule is C#CCN(CC=CC)C(=O)[C@@]1(c2cccs2)C[C@H]1CN. The molecule has 1 amide bonds. The first-order valence-corrected chi connectivity index (χ1v) is 7.66. The molecule has 2 rings (SSSR count). The standard InChI is InChI=1S/C16H20N2OS/c1-3-5-9-18(8-4-2)15(19)16(11-13(16)12-17)14-7-6-10-20-14/h2-3,5-7,10,13H,8-9,11-12,17H2,1H3/t13-,16-/m0/s1. The molecule has 0 aliphatic heterocycles. The quantitative estimate of drug-likeness (QED) is 0.643. The fourth-order valence-electron chi connectivity index (χ4n) is 2.66. The number of amides is 1. The minimum atomic E-state index is -0.429. The van der Waals surface area contributed by atoms with Gasteiger partial charge in [0, 0.05) is 11.4 Å². The number of hydrogen-bond acceptors (Lipinski definition) is 3. The van der Waals surface area contributed by atoms with Gasteiger partial charge in [0.15, 0.2) is 0 Å². The zero-order valence-electron chi connectivity index (χ0n) is 11.7. The molecule has 0 bridgehead atoms. The summed E-state index contributed by atoms with van der Waals surface area (Å²) in [5.74, 6) is 2.93. The highest BCUT2D eigenvalue weighted by Crippen LogP contribution is 2.56. The molecule has 1 aromatic heterocycles. The number of nitrogens with two attached hydrogens (primary N) is 1. The molecule has 4 heteroatoms. The van der Waals surface area contributed by atoms with Gasteiger partial charge in [0.05, 0.1) is 12.0 Å². The summed E-state index contributed by atoms with van der Waals surface area (Å²) >= 11 is 1.63. The van der Waals surface area contributed by atoms with E-state index in [1.54, 1.807) is 16.2 Å². The fourth-order valence-corrected chi connectivity index (χ4v) is 3.67. The molecule has 0 saturated heterocycles. The van der Waals surface area contributed by atoms with Crippen molar-refractivity contribution < 1.29 is 4.79 Å². The third kappa shape index (κ3) is 2.52. The van der Waals surface area contributed by atoms with Gasteiger partial charge in [0.25, 0.3) is 0 Å². The maximum Gasteiger partial charge on any atom is 0.235 e. The summed E-state index contributed by atoms with van der Waals surface area (Å²) < 4.78 is 0. The van der Waals surface area contributed by atoms with Crippen LogP contribution in [-0.2, 0) is 10.2 Å². The summed E-state index contributed by atoms with van der Waals surface area (Å²) in [6.07, 6.45) is 10.1. The third-order valence-electron chi connectivity index (χ3n) is 3.86. The van der Waals surface area contributed by atoms with Crippen LogP contribution in [0.15, 0.2) is 29.7 Å². The van der Waals surface area contributed by atoms with E-state index in [2.05, 4.69) is 5.92 Å². The number of rotatable bonds is 6. The van der Waals surface area contributed by atoms with Gasteiger partial charge >= 0.3 is 0 Å². The molecule has 1 heterocycles. The average molecular weight is 288 g/mol. The van der Waals surface area contributed by atoms with Gasteiger partial charge < -0.3 is 10.6 Å². The van der Waals surface area contributed by atoms with Crippen molar-refractivity contribution in [3.63, 3.8) is 0 Å². The third-order valence-corrected chi connectivity index (χ3v) is 4.91. The molecule has 2 N–H and O–H groups in total. The number of nitrogens with zero attached hydrogens (tertiary/aromatic N) is 1. The molecule has 20 heavy (non-hydrogen) atoms. The van der Waals surface area contributed by atoms with Gasteiger partial charge in [-0.25, -0.2) is 0 Å². The highest BCUT2D eigenvalue weighted by atomic mass is 32.1. The lowest BCUT2D eigenvalue weighted by atomic mass is 9.99. The van der Waals surface area contributed by atoms with Crippen LogP contribution >= 0.6 is 11.3 Å². The number of hydrogen-bond donors (Lipinski definition) is 1. The Hall–Kier alpha value is -1.57. The molecule has 3 nitrogen and oxygen atoms in total. The topological polar surface area (TPSA) is 46.3 Å². The first-order chi connectivity index (χ1) is 9.70. The summed E-state index contributed by atoms with van der Waals surface area (Å²) in [4.78, 5) is 15.8. The predicted molar refractivity (Wildman–Crippen MR) is 83.4 cm³/mol. The maximum atomic E-state index is 12.9. The highest BCUT2D eigenvalue weighted by molar-refractivity contribution is 7.10. The first kappa shape index (κ1) is 14.8. The van der Waals surface area contributed by atoms with Crippen LogP contribution in [0.3, 0.4) is 0 Å². The molecule has 1 aromatic rings. The zero-order valence-corrected chi connectivity index (χ0v) is 12.5. The van der Waals surface area contributed by atoms with Crippen molar-refractivity contribution in [1.29, 1.82) is 0 Å². The van der Waals surface area contributed by atoms with E-state index in [4.69, 9.17) is 12.2 Å². The Morgan fingerprint density at radius 1 is 1.75 bits per heavy atom. The van der Waals surface area contributed by atoms with Gasteiger partial charge in [-0.2, -0.15) is 0 Å². The molecule has 0 unspecified atom stereocenters. The van der Waals surface area contributed by atoms with Gasteiger partial charge in [-0.15, -0.1) is 17.8 Å². The second-order valence-corrected chi connectivity index (χ2v) is 5.99. The Labute approximate surface area is 124 Å². The van der Waals surface area contributed by atoms with E-state index in [1.165, 1.54) is 0 Å². The average Bonchev–Trinajstić information content (AvgIpc) is 2.95. The van der Waals surface area contributed by atoms with E-state index in [9.17, 15) is 4.79 Å². The second kappa shape index (κ2) is 6.25. The van der Waals surface area contributed by atoms with Gasteiger partial charge in [0.2, 0.25) is 5.91 Å². The van der Waals surface area contributed by atoms with Gasteiger partial charge in [-0.05, 0) is 37.3 Å². The maximum absolute atomic E-state index is 12.9. The molecule has 1 aliphatic carbocycles. The van der Waals surface area contributed by atoms with Crippen LogP contribution in [0.1, 0.15) is 18.2 Å². The summed E-state index contributed by atoms with van der Waals surface area (Å²) in [6.45, 7) is 3.38. The molecule has 106 valence electrons. The van der Waals surface area contributed by atoms with E-state index in [1.807, 2.05) is 36.6 Å². The van der Waals surface area contributed by atoms with Crippen molar-refractivity contribution in [1.82, 2.24) is 4.90 Å². The molecular formula is C16H20N2OS. The van der Waals surface area contributed by atoms with Crippen LogP contribution in [0.2, 0.25) is 0 Å². The number of allylic oxidation sites excluding steroid dienone is 1. The van der Waals surface area contributed by atoms with Crippen molar-refractivity contribution in [2.24, 2.45) is 11.7 Å². The van der Waals surface area contributed by atoms with Crippen molar-refractivity contribution in [3.05, 3.63) is 34.5 Å². The molecule has 1 fully saturated rings. The molecule has 0 radical (unpaired) electrons. The minimum absolute atomic E-state index is 0.117. The Kier molecular flexibility index (Phi) is 4.64. The van der Waals surface area contributed by atoms with Crippen LogP contribution in [0, 0.1) is 18.3 Å².